The molecule has 0 radical (unpaired) electrons. The third kappa shape index (κ3) is 3.74. The van der Waals surface area contributed by atoms with Crippen molar-refractivity contribution in [1.29, 1.82) is 0 Å². The van der Waals surface area contributed by atoms with E-state index in [0.717, 1.165) is 19.1 Å². The molecule has 94 valence electrons. The molecule has 0 aromatic rings. The highest BCUT2D eigenvalue weighted by molar-refractivity contribution is 4.77. The summed E-state index contributed by atoms with van der Waals surface area (Å²) in [5.74, 6) is 0.906. The van der Waals surface area contributed by atoms with E-state index in [0.29, 0.717) is 12.1 Å². The summed E-state index contributed by atoms with van der Waals surface area (Å²) in [7, 11) is 0. The average Bonchev–Trinajstić information content (AvgIpc) is 2.66. The molecule has 2 aliphatic rings. The first-order valence-corrected chi connectivity index (χ1v) is 7.21. The van der Waals surface area contributed by atoms with Gasteiger partial charge in [0, 0.05) is 19.2 Å². The molecule has 1 N–H and O–H groups in total. The van der Waals surface area contributed by atoms with Crippen LogP contribution in [0.25, 0.3) is 0 Å². The van der Waals surface area contributed by atoms with Crippen LogP contribution >= 0.6 is 0 Å². The molecule has 16 heavy (non-hydrogen) atoms. The number of nitrogens with one attached hydrogen (secondary N) is 1. The van der Waals surface area contributed by atoms with E-state index in [1.54, 1.807) is 0 Å². The van der Waals surface area contributed by atoms with Gasteiger partial charge < -0.3 is 10.1 Å². The first-order chi connectivity index (χ1) is 7.86. The van der Waals surface area contributed by atoms with Gasteiger partial charge in [0.1, 0.15) is 0 Å². The van der Waals surface area contributed by atoms with Crippen molar-refractivity contribution in [2.24, 2.45) is 5.92 Å². The van der Waals surface area contributed by atoms with Gasteiger partial charge in [0.15, 0.2) is 0 Å². The SMILES string of the molecule is C[C@H](NCC1CCCO1)C1CCCCCC1. The fourth-order valence-electron chi connectivity index (χ4n) is 3.10. The average molecular weight is 225 g/mol. The lowest BCUT2D eigenvalue weighted by Crippen LogP contribution is -2.38. The lowest BCUT2D eigenvalue weighted by atomic mass is 9.93. The van der Waals surface area contributed by atoms with Crippen molar-refractivity contribution in [3.63, 3.8) is 0 Å². The Kier molecular flexibility index (Phi) is 5.11. The minimum atomic E-state index is 0.494. The van der Waals surface area contributed by atoms with Gasteiger partial charge in [-0.25, -0.2) is 0 Å². The van der Waals surface area contributed by atoms with Gasteiger partial charge in [-0.1, -0.05) is 25.7 Å². The maximum Gasteiger partial charge on any atom is 0.0700 e. The van der Waals surface area contributed by atoms with Crippen LogP contribution in [0.1, 0.15) is 58.3 Å². The van der Waals surface area contributed by atoms with Crippen LogP contribution < -0.4 is 5.32 Å². The van der Waals surface area contributed by atoms with Crippen molar-refractivity contribution in [2.75, 3.05) is 13.2 Å². The van der Waals surface area contributed by atoms with Gasteiger partial charge in [-0.15, -0.1) is 0 Å². The predicted molar refractivity (Wildman–Crippen MR) is 67.6 cm³/mol. The van der Waals surface area contributed by atoms with Gasteiger partial charge in [0.25, 0.3) is 0 Å². The molecule has 0 aromatic heterocycles. The van der Waals surface area contributed by atoms with Crippen LogP contribution in [0.4, 0.5) is 0 Å². The Bertz CT molecular complexity index is 181. The monoisotopic (exact) mass is 225 g/mol. The summed E-state index contributed by atoms with van der Waals surface area (Å²) in [6, 6.07) is 0.683. The second kappa shape index (κ2) is 6.61. The van der Waals surface area contributed by atoms with E-state index < -0.39 is 0 Å². The third-order valence-corrected chi connectivity index (χ3v) is 4.30. The molecule has 2 nitrogen and oxygen atoms in total. The summed E-state index contributed by atoms with van der Waals surface area (Å²) in [5, 5.41) is 3.70. The number of hydrogen-bond acceptors (Lipinski definition) is 2. The van der Waals surface area contributed by atoms with E-state index in [4.69, 9.17) is 4.74 Å². The Balaban J connectivity index is 1.66. The molecule has 1 aliphatic heterocycles. The molecule has 1 saturated carbocycles. The maximum atomic E-state index is 5.65. The molecule has 2 rings (SSSR count). The summed E-state index contributed by atoms with van der Waals surface area (Å²) in [6.07, 6.45) is 11.7. The van der Waals surface area contributed by atoms with Crippen molar-refractivity contribution in [2.45, 2.75) is 70.4 Å². The van der Waals surface area contributed by atoms with E-state index in [2.05, 4.69) is 12.2 Å². The van der Waals surface area contributed by atoms with E-state index in [9.17, 15) is 0 Å². The molecule has 1 saturated heterocycles. The summed E-state index contributed by atoms with van der Waals surface area (Å²) in [6.45, 7) is 4.41. The predicted octanol–water partition coefficient (Wildman–Crippen LogP) is 3.11. The van der Waals surface area contributed by atoms with Crippen molar-refractivity contribution in [3.05, 3.63) is 0 Å². The quantitative estimate of drug-likeness (QED) is 0.742. The van der Waals surface area contributed by atoms with E-state index in [1.807, 2.05) is 0 Å². The van der Waals surface area contributed by atoms with Gasteiger partial charge in [0.05, 0.1) is 6.10 Å². The second-order valence-corrected chi connectivity index (χ2v) is 5.58. The zero-order valence-electron chi connectivity index (χ0n) is 10.7. The number of hydrogen-bond donors (Lipinski definition) is 1. The second-order valence-electron chi connectivity index (χ2n) is 5.58. The lowest BCUT2D eigenvalue weighted by Gasteiger charge is -2.25. The fourth-order valence-corrected chi connectivity index (χ4v) is 3.10. The molecular weight excluding hydrogens is 198 g/mol. The zero-order valence-corrected chi connectivity index (χ0v) is 10.7. The molecule has 2 atom stereocenters. The Hall–Kier alpha value is -0.0800. The van der Waals surface area contributed by atoms with Crippen LogP contribution in [0.5, 0.6) is 0 Å². The standard InChI is InChI=1S/C14H27NO/c1-12(13-7-4-2-3-5-8-13)15-11-14-9-6-10-16-14/h12-15H,2-11H2,1H3/t12-,14?/m0/s1. The molecule has 0 amide bonds. The van der Waals surface area contributed by atoms with E-state index >= 15 is 0 Å². The van der Waals surface area contributed by atoms with Crippen LogP contribution in [-0.2, 0) is 4.74 Å². The van der Waals surface area contributed by atoms with Gasteiger partial charge >= 0.3 is 0 Å². The minimum Gasteiger partial charge on any atom is -0.377 e. The lowest BCUT2D eigenvalue weighted by molar-refractivity contribution is 0.105. The van der Waals surface area contributed by atoms with Gasteiger partial charge in [0.2, 0.25) is 0 Å². The molecule has 1 aliphatic carbocycles. The first kappa shape index (κ1) is 12.4. The highest BCUT2D eigenvalue weighted by Gasteiger charge is 2.21. The van der Waals surface area contributed by atoms with E-state index in [1.165, 1.54) is 51.4 Å². The Morgan fingerprint density at radius 1 is 1.06 bits per heavy atom. The highest BCUT2D eigenvalue weighted by atomic mass is 16.5. The summed E-state index contributed by atoms with van der Waals surface area (Å²) >= 11 is 0. The highest BCUT2D eigenvalue weighted by Crippen LogP contribution is 2.25. The van der Waals surface area contributed by atoms with Crippen molar-refractivity contribution in [1.82, 2.24) is 5.32 Å². The topological polar surface area (TPSA) is 21.3 Å². The number of rotatable bonds is 4. The minimum absolute atomic E-state index is 0.494. The van der Waals surface area contributed by atoms with Crippen molar-refractivity contribution in [3.8, 4) is 0 Å². The number of ether oxygens (including phenoxy) is 1. The molecule has 0 bridgehead atoms. The van der Waals surface area contributed by atoms with Crippen molar-refractivity contribution < 1.29 is 4.74 Å². The smallest absolute Gasteiger partial charge is 0.0700 e. The molecular formula is C14H27NO. The Labute approximate surface area is 100 Å². The first-order valence-electron chi connectivity index (χ1n) is 7.21. The molecule has 1 unspecified atom stereocenters. The normalized spacial score (nSPS) is 30.2. The van der Waals surface area contributed by atoms with Gasteiger partial charge in [-0.3, -0.25) is 0 Å². The maximum absolute atomic E-state index is 5.65. The molecule has 0 spiro atoms. The summed E-state index contributed by atoms with van der Waals surface area (Å²) in [4.78, 5) is 0. The summed E-state index contributed by atoms with van der Waals surface area (Å²) < 4.78 is 5.65. The van der Waals surface area contributed by atoms with Crippen LogP contribution in [0.3, 0.4) is 0 Å². The van der Waals surface area contributed by atoms with Gasteiger partial charge in [-0.2, -0.15) is 0 Å². The molecule has 1 heterocycles. The van der Waals surface area contributed by atoms with Crippen molar-refractivity contribution >= 4 is 0 Å². The zero-order chi connectivity index (χ0) is 11.2. The summed E-state index contributed by atoms with van der Waals surface area (Å²) in [5.41, 5.74) is 0. The van der Waals surface area contributed by atoms with E-state index in [-0.39, 0.29) is 0 Å². The Morgan fingerprint density at radius 2 is 1.81 bits per heavy atom. The largest absolute Gasteiger partial charge is 0.377 e. The Morgan fingerprint density at radius 3 is 2.44 bits per heavy atom. The van der Waals surface area contributed by atoms with Crippen LogP contribution in [0.15, 0.2) is 0 Å². The molecule has 2 fully saturated rings. The van der Waals surface area contributed by atoms with Crippen LogP contribution in [-0.4, -0.2) is 25.3 Å². The molecule has 2 heteroatoms. The third-order valence-electron chi connectivity index (χ3n) is 4.30. The van der Waals surface area contributed by atoms with Crippen LogP contribution in [0.2, 0.25) is 0 Å². The van der Waals surface area contributed by atoms with Gasteiger partial charge in [-0.05, 0) is 38.5 Å². The van der Waals surface area contributed by atoms with Crippen LogP contribution in [0, 0.1) is 5.92 Å². The molecule has 0 aromatic carbocycles. The fraction of sp³-hybridized carbons (Fsp3) is 1.00.